The Kier molecular flexibility index (Phi) is 9.02. The van der Waals surface area contributed by atoms with Gasteiger partial charge in [-0.25, -0.2) is 0 Å². The number of likely N-dealkylation sites (tertiary alicyclic amines) is 1. The van der Waals surface area contributed by atoms with E-state index in [1.54, 1.807) is 17.3 Å². The summed E-state index contributed by atoms with van der Waals surface area (Å²) in [4.78, 5) is 33.6. The third kappa shape index (κ3) is 6.49. The molecule has 1 spiro atoms. The number of piperidine rings is 1. The van der Waals surface area contributed by atoms with Crippen molar-refractivity contribution in [1.29, 1.82) is 0 Å². The molecule has 2 aliphatic heterocycles. The van der Waals surface area contributed by atoms with Gasteiger partial charge in [-0.1, -0.05) is 13.3 Å². The molecule has 0 radical (unpaired) electrons. The lowest BCUT2D eigenvalue weighted by Crippen LogP contribution is -2.45. The number of pyridine rings is 1. The van der Waals surface area contributed by atoms with E-state index in [4.69, 9.17) is 4.74 Å². The predicted molar refractivity (Wildman–Crippen MR) is 119 cm³/mol. The maximum absolute atomic E-state index is 13.1. The number of aliphatic hydroxyl groups excluding tert-OH is 2. The lowest BCUT2D eigenvalue weighted by molar-refractivity contribution is -0.165. The summed E-state index contributed by atoms with van der Waals surface area (Å²) in [5, 5.41) is 20.6. The molecule has 3 heterocycles. The predicted octanol–water partition coefficient (Wildman–Crippen LogP) is 1.74. The second-order valence-electron chi connectivity index (χ2n) is 9.13. The molecule has 1 aromatic heterocycles. The minimum Gasteiger partial charge on any atom is -0.462 e. The molecule has 3 rings (SSSR count). The molecule has 0 saturated carbocycles. The van der Waals surface area contributed by atoms with Crippen LogP contribution in [0.5, 0.6) is 0 Å². The van der Waals surface area contributed by atoms with Crippen LogP contribution in [0.25, 0.3) is 0 Å². The molecule has 0 bridgehead atoms. The molecule has 2 N–H and O–H groups in total. The van der Waals surface area contributed by atoms with E-state index >= 15 is 0 Å². The topological polar surface area (TPSA) is 103 Å². The molecule has 2 saturated heterocycles. The van der Waals surface area contributed by atoms with Crippen molar-refractivity contribution in [3.63, 3.8) is 0 Å². The van der Waals surface area contributed by atoms with Crippen LogP contribution < -0.4 is 0 Å². The zero-order chi connectivity index (χ0) is 23.0. The largest absolute Gasteiger partial charge is 0.462 e. The van der Waals surface area contributed by atoms with Crippen LogP contribution in [0.2, 0.25) is 0 Å². The second-order valence-corrected chi connectivity index (χ2v) is 9.13. The number of carbonyl (C=O) groups excluding carboxylic acids is 2. The Hall–Kier alpha value is -2.03. The van der Waals surface area contributed by atoms with Crippen molar-refractivity contribution in [1.82, 2.24) is 14.8 Å². The van der Waals surface area contributed by atoms with E-state index in [0.717, 1.165) is 32.5 Å². The van der Waals surface area contributed by atoms with Crippen LogP contribution in [0.15, 0.2) is 24.5 Å². The summed E-state index contributed by atoms with van der Waals surface area (Å²) in [6.45, 7) is 5.03. The van der Waals surface area contributed by atoms with Gasteiger partial charge in [0.1, 0.15) is 12.7 Å². The van der Waals surface area contributed by atoms with Crippen molar-refractivity contribution in [2.75, 3.05) is 32.8 Å². The number of nitrogens with zero attached hydrogens (tertiary/aromatic N) is 3. The molecule has 8 nitrogen and oxygen atoms in total. The Morgan fingerprint density at radius 3 is 2.50 bits per heavy atom. The van der Waals surface area contributed by atoms with Crippen molar-refractivity contribution in [2.45, 2.75) is 70.6 Å². The van der Waals surface area contributed by atoms with Gasteiger partial charge in [0.05, 0.1) is 11.5 Å². The molecule has 2 fully saturated rings. The molecule has 2 aliphatic rings. The lowest BCUT2D eigenvalue weighted by Gasteiger charge is -2.40. The van der Waals surface area contributed by atoms with Crippen molar-refractivity contribution in [3.05, 3.63) is 30.1 Å². The van der Waals surface area contributed by atoms with Crippen LogP contribution in [0.1, 0.15) is 57.4 Å². The lowest BCUT2D eigenvalue weighted by atomic mass is 9.74. The van der Waals surface area contributed by atoms with Gasteiger partial charge in [-0.3, -0.25) is 19.5 Å². The van der Waals surface area contributed by atoms with Gasteiger partial charge in [-0.15, -0.1) is 0 Å². The van der Waals surface area contributed by atoms with E-state index in [1.807, 2.05) is 19.1 Å². The monoisotopic (exact) mass is 447 g/mol. The van der Waals surface area contributed by atoms with Crippen molar-refractivity contribution >= 4 is 11.9 Å². The average molecular weight is 448 g/mol. The molecule has 0 aliphatic carbocycles. The fourth-order valence-corrected chi connectivity index (χ4v) is 4.70. The first kappa shape index (κ1) is 24.6. The first-order valence-corrected chi connectivity index (χ1v) is 11.9. The smallest absolute Gasteiger partial charge is 0.312 e. The van der Waals surface area contributed by atoms with E-state index in [2.05, 4.69) is 9.88 Å². The number of cyclic esters (lactones) is 1. The number of aromatic nitrogens is 1. The minimum absolute atomic E-state index is 0.0491. The molecule has 1 aromatic rings. The third-order valence-corrected chi connectivity index (χ3v) is 6.91. The van der Waals surface area contributed by atoms with Crippen LogP contribution >= 0.6 is 0 Å². The highest BCUT2D eigenvalue weighted by molar-refractivity contribution is 5.77. The van der Waals surface area contributed by atoms with Crippen LogP contribution in [0.3, 0.4) is 0 Å². The molecule has 0 unspecified atom stereocenters. The summed E-state index contributed by atoms with van der Waals surface area (Å²) in [7, 11) is 0. The molecule has 0 aromatic carbocycles. The number of amides is 1. The molecule has 32 heavy (non-hydrogen) atoms. The highest BCUT2D eigenvalue weighted by atomic mass is 16.5. The Balaban J connectivity index is 1.66. The number of ether oxygens (including phenoxy) is 1. The number of rotatable bonds is 3. The van der Waals surface area contributed by atoms with Gasteiger partial charge < -0.3 is 19.8 Å². The van der Waals surface area contributed by atoms with E-state index in [1.165, 1.54) is 5.56 Å². The fourth-order valence-electron chi connectivity index (χ4n) is 4.70. The molecular weight excluding hydrogens is 410 g/mol. The highest BCUT2D eigenvalue weighted by Gasteiger charge is 2.42. The molecule has 2 atom stereocenters. The summed E-state index contributed by atoms with van der Waals surface area (Å²) >= 11 is 0. The quantitative estimate of drug-likeness (QED) is 0.681. The molecule has 1 amide bonds. The maximum Gasteiger partial charge on any atom is 0.312 e. The second kappa shape index (κ2) is 11.7. The molecular formula is C24H37N3O5. The zero-order valence-corrected chi connectivity index (χ0v) is 19.1. The summed E-state index contributed by atoms with van der Waals surface area (Å²) in [5.74, 6) is -0.221. The van der Waals surface area contributed by atoms with Crippen LogP contribution in [-0.4, -0.2) is 81.9 Å². The Morgan fingerprint density at radius 1 is 1.09 bits per heavy atom. The summed E-state index contributed by atoms with van der Waals surface area (Å²) in [5.41, 5.74) is 0.624. The van der Waals surface area contributed by atoms with Crippen LogP contribution in [0, 0.1) is 5.41 Å². The fraction of sp³-hybridized carbons (Fsp3) is 0.708. The number of carbonyl (C=O) groups is 2. The van der Waals surface area contributed by atoms with Gasteiger partial charge in [-0.2, -0.15) is 0 Å². The van der Waals surface area contributed by atoms with Gasteiger partial charge in [-0.05, 0) is 62.9 Å². The minimum atomic E-state index is -1.15. The number of hydrogen-bond acceptors (Lipinski definition) is 7. The normalized spacial score (nSPS) is 26.0. The van der Waals surface area contributed by atoms with Crippen LogP contribution in [0.4, 0.5) is 0 Å². The van der Waals surface area contributed by atoms with Gasteiger partial charge >= 0.3 is 5.97 Å². The molecule has 178 valence electrons. The Morgan fingerprint density at radius 2 is 1.81 bits per heavy atom. The van der Waals surface area contributed by atoms with Crippen molar-refractivity contribution in [3.8, 4) is 0 Å². The standard InChI is InChI=1S/C24H37N3O5/c1-2-22(30)27-13-4-3-8-24(23(31)32-18-21(29)20(28)7-14-27)9-15-26(16-10-24)17-19-5-11-25-12-6-19/h5-6,11-12,20-21,28-29H,2-4,7-10,13-18H2,1H3/t20-,21+/m0/s1. The van der Waals surface area contributed by atoms with Crippen molar-refractivity contribution in [2.24, 2.45) is 5.41 Å². The summed E-state index contributed by atoms with van der Waals surface area (Å²) < 4.78 is 5.52. The van der Waals surface area contributed by atoms with Gasteiger partial charge in [0, 0.05) is 38.4 Å². The van der Waals surface area contributed by atoms with Crippen molar-refractivity contribution < 1.29 is 24.5 Å². The van der Waals surface area contributed by atoms with Gasteiger partial charge in [0.15, 0.2) is 0 Å². The SMILES string of the molecule is CCC(=O)N1CCCCC2(CCN(Cc3ccncc3)CC2)C(=O)OC[C@@H](O)[C@@H](O)CC1. The first-order chi connectivity index (χ1) is 15.4. The number of hydrogen-bond donors (Lipinski definition) is 2. The maximum atomic E-state index is 13.1. The van der Waals surface area contributed by atoms with Crippen LogP contribution in [-0.2, 0) is 20.9 Å². The van der Waals surface area contributed by atoms with E-state index in [0.29, 0.717) is 38.8 Å². The van der Waals surface area contributed by atoms with Gasteiger partial charge in [0.2, 0.25) is 5.91 Å². The number of aliphatic hydroxyl groups is 2. The Labute approximate surface area is 190 Å². The average Bonchev–Trinajstić information content (AvgIpc) is 2.83. The summed E-state index contributed by atoms with van der Waals surface area (Å²) in [6.07, 6.45) is 5.83. The zero-order valence-electron chi connectivity index (χ0n) is 19.1. The highest BCUT2D eigenvalue weighted by Crippen LogP contribution is 2.38. The first-order valence-electron chi connectivity index (χ1n) is 11.9. The van der Waals surface area contributed by atoms with E-state index < -0.39 is 17.6 Å². The summed E-state index contributed by atoms with van der Waals surface area (Å²) in [6, 6.07) is 4.02. The Bertz CT molecular complexity index is 736. The number of esters is 1. The van der Waals surface area contributed by atoms with E-state index in [9.17, 15) is 19.8 Å². The third-order valence-electron chi connectivity index (χ3n) is 6.91. The molecule has 8 heteroatoms. The van der Waals surface area contributed by atoms with E-state index in [-0.39, 0.29) is 24.9 Å². The van der Waals surface area contributed by atoms with Gasteiger partial charge in [0.25, 0.3) is 0 Å².